The van der Waals surface area contributed by atoms with Gasteiger partial charge in [0.2, 0.25) is 5.91 Å². The van der Waals surface area contributed by atoms with Gasteiger partial charge in [0.15, 0.2) is 6.29 Å². The van der Waals surface area contributed by atoms with Crippen LogP contribution in [0.3, 0.4) is 0 Å². The van der Waals surface area contributed by atoms with E-state index in [0.717, 1.165) is 25.9 Å². The van der Waals surface area contributed by atoms with Crippen LogP contribution < -0.4 is 4.74 Å². The Hall–Kier alpha value is -1.83. The molecule has 0 atom stereocenters. The maximum atomic E-state index is 13.0. The number of carbonyl (C=O) groups excluding carboxylic acids is 2. The molecule has 1 aromatic carbocycles. The molecule has 1 aromatic rings. The minimum absolute atomic E-state index is 0.0224. The van der Waals surface area contributed by atoms with Gasteiger partial charge in [-0.25, -0.2) is 0 Å². The Labute approximate surface area is 182 Å². The molecule has 0 bridgehead atoms. The first-order chi connectivity index (χ1) is 14.6. The maximum absolute atomic E-state index is 13.0. The van der Waals surface area contributed by atoms with Gasteiger partial charge in [0.05, 0.1) is 25.9 Å². The highest BCUT2D eigenvalue weighted by Gasteiger charge is 2.35. The van der Waals surface area contributed by atoms with Gasteiger partial charge in [-0.3, -0.25) is 9.59 Å². The van der Waals surface area contributed by atoms with E-state index in [-0.39, 0.29) is 24.0 Å². The van der Waals surface area contributed by atoms with Gasteiger partial charge in [-0.05, 0) is 43.9 Å². The number of hydrogen-bond acceptors (Lipinski definition) is 5. The van der Waals surface area contributed by atoms with Crippen molar-refractivity contribution in [2.75, 3.05) is 46.5 Å². The minimum Gasteiger partial charge on any atom is -0.496 e. The van der Waals surface area contributed by atoms with Crippen molar-refractivity contribution in [3.05, 3.63) is 28.8 Å². The average molecular weight is 437 g/mol. The van der Waals surface area contributed by atoms with Crippen molar-refractivity contribution in [1.82, 2.24) is 9.80 Å². The van der Waals surface area contributed by atoms with E-state index >= 15 is 0 Å². The highest BCUT2D eigenvalue weighted by molar-refractivity contribution is 6.31. The van der Waals surface area contributed by atoms with Crippen LogP contribution in [0.1, 0.15) is 36.0 Å². The molecule has 164 valence electrons. The maximum Gasteiger partial charge on any atom is 0.257 e. The molecule has 2 amide bonds. The summed E-state index contributed by atoms with van der Waals surface area (Å²) in [6, 6.07) is 5.05. The third-order valence-electron chi connectivity index (χ3n) is 6.41. The van der Waals surface area contributed by atoms with Crippen LogP contribution in [0.2, 0.25) is 5.02 Å². The molecule has 3 fully saturated rings. The minimum atomic E-state index is -0.0994. The molecule has 0 aromatic heterocycles. The summed E-state index contributed by atoms with van der Waals surface area (Å²) in [5.41, 5.74) is 0.466. The molecule has 0 unspecified atom stereocenters. The molecule has 3 aliphatic heterocycles. The van der Waals surface area contributed by atoms with Crippen molar-refractivity contribution in [2.45, 2.75) is 32.0 Å². The standard InChI is InChI=1S/C22H29ClN2O5/c1-28-19-3-2-17(23)14-18(19)21(27)25-8-4-15(5-9-25)20(26)24-10-6-16(7-11-24)22-29-12-13-30-22/h2-3,14-16,22H,4-13H2,1H3. The lowest BCUT2D eigenvalue weighted by atomic mass is 9.91. The predicted molar refractivity (Wildman–Crippen MR) is 112 cm³/mol. The number of methoxy groups -OCH3 is 1. The van der Waals surface area contributed by atoms with Crippen LogP contribution >= 0.6 is 11.6 Å². The second-order valence-electron chi connectivity index (χ2n) is 8.18. The quantitative estimate of drug-likeness (QED) is 0.726. The van der Waals surface area contributed by atoms with Crippen molar-refractivity contribution in [1.29, 1.82) is 0 Å². The van der Waals surface area contributed by atoms with Crippen LogP contribution in [0.15, 0.2) is 18.2 Å². The van der Waals surface area contributed by atoms with Gasteiger partial charge in [0, 0.05) is 43.0 Å². The molecule has 0 radical (unpaired) electrons. The number of ether oxygens (including phenoxy) is 3. The largest absolute Gasteiger partial charge is 0.496 e. The molecular weight excluding hydrogens is 408 g/mol. The third-order valence-corrected chi connectivity index (χ3v) is 6.64. The van der Waals surface area contributed by atoms with E-state index in [1.165, 1.54) is 0 Å². The van der Waals surface area contributed by atoms with Crippen LogP contribution in [-0.4, -0.2) is 74.4 Å². The Morgan fingerprint density at radius 3 is 2.27 bits per heavy atom. The summed E-state index contributed by atoms with van der Waals surface area (Å²) < 4.78 is 16.5. The summed E-state index contributed by atoms with van der Waals surface area (Å²) in [6.45, 7) is 3.97. The molecule has 7 nitrogen and oxygen atoms in total. The highest BCUT2D eigenvalue weighted by Crippen LogP contribution is 2.30. The monoisotopic (exact) mass is 436 g/mol. The number of rotatable bonds is 4. The lowest BCUT2D eigenvalue weighted by molar-refractivity contribution is -0.142. The lowest BCUT2D eigenvalue weighted by Gasteiger charge is -2.38. The molecule has 3 saturated heterocycles. The fourth-order valence-corrected chi connectivity index (χ4v) is 4.82. The average Bonchev–Trinajstić information content (AvgIpc) is 3.33. The van der Waals surface area contributed by atoms with Gasteiger partial charge < -0.3 is 24.0 Å². The van der Waals surface area contributed by atoms with Crippen molar-refractivity contribution in [3.63, 3.8) is 0 Å². The number of benzene rings is 1. The molecule has 8 heteroatoms. The summed E-state index contributed by atoms with van der Waals surface area (Å²) in [4.78, 5) is 29.7. The van der Waals surface area contributed by atoms with Crippen LogP contribution in [0.4, 0.5) is 0 Å². The molecule has 3 aliphatic rings. The fourth-order valence-electron chi connectivity index (χ4n) is 4.65. The molecular formula is C22H29ClN2O5. The van der Waals surface area contributed by atoms with Crippen molar-refractivity contribution >= 4 is 23.4 Å². The second kappa shape index (κ2) is 9.54. The van der Waals surface area contributed by atoms with E-state index in [0.29, 0.717) is 61.4 Å². The molecule has 0 saturated carbocycles. The van der Waals surface area contributed by atoms with Crippen LogP contribution in [0, 0.1) is 11.8 Å². The first-order valence-corrected chi connectivity index (χ1v) is 11.1. The topological polar surface area (TPSA) is 68.3 Å². The second-order valence-corrected chi connectivity index (χ2v) is 8.62. The molecule has 4 rings (SSSR count). The number of hydrogen-bond donors (Lipinski definition) is 0. The zero-order valence-corrected chi connectivity index (χ0v) is 18.1. The smallest absolute Gasteiger partial charge is 0.257 e. The summed E-state index contributed by atoms with van der Waals surface area (Å²) in [5.74, 6) is 0.988. The van der Waals surface area contributed by atoms with E-state index in [1.807, 2.05) is 4.90 Å². The number of piperidine rings is 2. The van der Waals surface area contributed by atoms with Gasteiger partial charge in [-0.15, -0.1) is 0 Å². The first-order valence-electron chi connectivity index (χ1n) is 10.7. The number of nitrogens with zero attached hydrogens (tertiary/aromatic N) is 2. The van der Waals surface area contributed by atoms with Crippen molar-refractivity contribution < 1.29 is 23.8 Å². The van der Waals surface area contributed by atoms with Crippen LogP contribution in [0.5, 0.6) is 5.75 Å². The Morgan fingerprint density at radius 2 is 1.63 bits per heavy atom. The zero-order valence-electron chi connectivity index (χ0n) is 17.3. The third kappa shape index (κ3) is 4.58. The van der Waals surface area contributed by atoms with E-state index in [9.17, 15) is 9.59 Å². The summed E-state index contributed by atoms with van der Waals surface area (Å²) in [6.07, 6.45) is 3.11. The van der Waals surface area contributed by atoms with E-state index < -0.39 is 0 Å². The summed E-state index contributed by atoms with van der Waals surface area (Å²) >= 11 is 6.07. The Balaban J connectivity index is 1.29. The summed E-state index contributed by atoms with van der Waals surface area (Å²) in [5, 5.41) is 0.501. The SMILES string of the molecule is COc1ccc(Cl)cc1C(=O)N1CCC(C(=O)N2CCC(C3OCCO3)CC2)CC1. The predicted octanol–water partition coefficient (Wildman–Crippen LogP) is 2.81. The van der Waals surface area contributed by atoms with Gasteiger partial charge in [-0.1, -0.05) is 11.6 Å². The Kier molecular flexibility index (Phi) is 6.80. The Morgan fingerprint density at radius 1 is 1.00 bits per heavy atom. The summed E-state index contributed by atoms with van der Waals surface area (Å²) in [7, 11) is 1.54. The van der Waals surface area contributed by atoms with Gasteiger partial charge in [0.1, 0.15) is 5.75 Å². The first kappa shape index (κ1) is 21.4. The van der Waals surface area contributed by atoms with Gasteiger partial charge in [-0.2, -0.15) is 0 Å². The highest BCUT2D eigenvalue weighted by atomic mass is 35.5. The molecule has 0 spiro atoms. The molecule has 3 heterocycles. The van der Waals surface area contributed by atoms with Crippen molar-refractivity contribution in [2.24, 2.45) is 11.8 Å². The van der Waals surface area contributed by atoms with E-state index in [1.54, 1.807) is 30.2 Å². The van der Waals surface area contributed by atoms with Gasteiger partial charge in [0.25, 0.3) is 5.91 Å². The van der Waals surface area contributed by atoms with Crippen LogP contribution in [0.25, 0.3) is 0 Å². The number of amides is 2. The van der Waals surface area contributed by atoms with E-state index in [4.69, 9.17) is 25.8 Å². The zero-order chi connectivity index (χ0) is 21.1. The number of likely N-dealkylation sites (tertiary alicyclic amines) is 2. The normalized spacial score (nSPS) is 21.8. The van der Waals surface area contributed by atoms with Crippen LogP contribution in [-0.2, 0) is 14.3 Å². The fraction of sp³-hybridized carbons (Fsp3) is 0.636. The van der Waals surface area contributed by atoms with Crippen molar-refractivity contribution in [3.8, 4) is 5.75 Å². The Bertz CT molecular complexity index is 767. The number of carbonyl (C=O) groups is 2. The lowest BCUT2D eigenvalue weighted by Crippen LogP contribution is -2.47. The molecule has 30 heavy (non-hydrogen) atoms. The molecule has 0 aliphatic carbocycles. The number of halogens is 1. The van der Waals surface area contributed by atoms with Gasteiger partial charge >= 0.3 is 0 Å². The van der Waals surface area contributed by atoms with E-state index in [2.05, 4.69) is 0 Å². The molecule has 0 N–H and O–H groups in total.